The van der Waals surface area contributed by atoms with Crippen LogP contribution in [0.1, 0.15) is 109 Å². The molecule has 8 aliphatic rings. The largest absolute Gasteiger partial charge is 0.508 e. The Morgan fingerprint density at radius 3 is 2.70 bits per heavy atom. The van der Waals surface area contributed by atoms with Gasteiger partial charge in [0.05, 0.1) is 30.9 Å². The minimum absolute atomic E-state index is 0.0607. The second-order valence-electron chi connectivity index (χ2n) is 21.2. The van der Waals surface area contributed by atoms with Gasteiger partial charge in [0.2, 0.25) is 0 Å². The number of aryl methyl sites for hydroxylation is 1. The molecule has 6 bridgehead atoms. The number of hydrogen-bond acceptors (Lipinski definition) is 12. The highest BCUT2D eigenvalue weighted by atomic mass is 33.1. The average molecular weight is 990 g/mol. The predicted molar refractivity (Wildman–Crippen MR) is 282 cm³/mol. The molecule has 10 atom stereocenters. The minimum Gasteiger partial charge on any atom is -0.508 e. The van der Waals surface area contributed by atoms with Crippen LogP contribution in [0.25, 0.3) is 17.2 Å². The Bertz CT molecular complexity index is 2920. The fourth-order valence-corrected chi connectivity index (χ4v) is 16.4. The number of hydrogen-bond donors (Lipinski definition) is 5. The molecule has 1 spiro atoms. The first kappa shape index (κ1) is 46.6. The van der Waals surface area contributed by atoms with E-state index in [0.717, 1.165) is 112 Å². The number of rotatable bonds is 6. The third-order valence-corrected chi connectivity index (χ3v) is 19.4. The molecule has 6 N–H and O–H groups in total. The lowest BCUT2D eigenvalue weighted by atomic mass is 9.64. The van der Waals surface area contributed by atoms with Crippen LogP contribution in [0.3, 0.4) is 0 Å². The van der Waals surface area contributed by atoms with Crippen LogP contribution in [-0.4, -0.2) is 65.8 Å². The van der Waals surface area contributed by atoms with Crippen molar-refractivity contribution in [2.24, 2.45) is 23.5 Å². The quantitative estimate of drug-likeness (QED) is 0.0713. The zero-order valence-electron chi connectivity index (χ0n) is 40.5. The Kier molecular flexibility index (Phi) is 12.6. The maximum atomic E-state index is 12.9. The van der Waals surface area contributed by atoms with Crippen LogP contribution in [0.5, 0.6) is 28.7 Å². The summed E-state index contributed by atoms with van der Waals surface area (Å²) < 4.78 is 26.9. The lowest BCUT2D eigenvalue weighted by molar-refractivity contribution is -0.141. The molecule has 3 aliphatic carbocycles. The van der Waals surface area contributed by atoms with Gasteiger partial charge in [0.25, 0.3) is 0 Å². The summed E-state index contributed by atoms with van der Waals surface area (Å²) in [6.45, 7) is 1.55. The summed E-state index contributed by atoms with van der Waals surface area (Å²) in [5.41, 5.74) is 17.2. The highest BCUT2D eigenvalue weighted by molar-refractivity contribution is 8.76. The molecule has 2 saturated carbocycles. The van der Waals surface area contributed by atoms with Gasteiger partial charge in [-0.1, -0.05) is 94.6 Å². The van der Waals surface area contributed by atoms with Crippen LogP contribution in [0.4, 0.5) is 0 Å². The van der Waals surface area contributed by atoms with Gasteiger partial charge in [-0.25, -0.2) is 0 Å². The van der Waals surface area contributed by atoms with Crippen molar-refractivity contribution < 1.29 is 34.0 Å². The van der Waals surface area contributed by atoms with Crippen LogP contribution in [-0.2, 0) is 34.2 Å². The fraction of sp³-hybridized carbons (Fsp3) is 0.441. The number of ether oxygens (including phenoxy) is 4. The number of nitrogens with two attached hydrogens (primary N) is 1. The molecule has 5 heterocycles. The third kappa shape index (κ3) is 8.68. The summed E-state index contributed by atoms with van der Waals surface area (Å²) in [6.07, 6.45) is 17.7. The lowest BCUT2D eigenvalue weighted by Gasteiger charge is -2.40. The number of nitrogens with one attached hydrogen (secondary N) is 2. The third-order valence-electron chi connectivity index (χ3n) is 16.8. The summed E-state index contributed by atoms with van der Waals surface area (Å²) in [7, 11) is 5.46. The minimum atomic E-state index is -0.635. The topological polar surface area (TPSA) is 145 Å². The highest BCUT2D eigenvalue weighted by Gasteiger charge is 2.52. The molecule has 3 fully saturated rings. The number of phenolic OH excluding ortho intramolecular Hbond substituents is 2. The molecule has 4 aromatic rings. The van der Waals surface area contributed by atoms with E-state index in [2.05, 4.69) is 89.2 Å². The maximum absolute atomic E-state index is 12.9. The van der Waals surface area contributed by atoms with Crippen molar-refractivity contribution in [1.82, 2.24) is 10.6 Å². The van der Waals surface area contributed by atoms with Crippen molar-refractivity contribution in [1.29, 1.82) is 0 Å². The van der Waals surface area contributed by atoms with Gasteiger partial charge < -0.3 is 45.5 Å². The monoisotopic (exact) mass is 989 g/mol. The molecule has 12 heteroatoms. The smallest absolute Gasteiger partial charge is 0.302 e. The highest BCUT2D eigenvalue weighted by Crippen LogP contribution is 2.64. The van der Waals surface area contributed by atoms with E-state index in [1.54, 1.807) is 13.2 Å². The van der Waals surface area contributed by atoms with Crippen molar-refractivity contribution in [2.75, 3.05) is 25.2 Å². The maximum Gasteiger partial charge on any atom is 0.302 e. The summed E-state index contributed by atoms with van der Waals surface area (Å²) in [5, 5.41) is 31.1. The van der Waals surface area contributed by atoms with E-state index < -0.39 is 18.2 Å². The number of carbonyl (C=O) groups excluding carboxylic acids is 1. The van der Waals surface area contributed by atoms with Crippen molar-refractivity contribution in [3.63, 3.8) is 0 Å². The van der Waals surface area contributed by atoms with E-state index in [1.165, 1.54) is 30.9 Å². The zero-order valence-corrected chi connectivity index (χ0v) is 42.1. The van der Waals surface area contributed by atoms with Gasteiger partial charge in [0.15, 0.2) is 11.5 Å². The van der Waals surface area contributed by atoms with Crippen LogP contribution in [0.2, 0.25) is 0 Å². The number of carbonyl (C=O) groups is 1. The van der Waals surface area contributed by atoms with E-state index >= 15 is 0 Å². The number of phenols is 2. The standard InChI is InChI=1S/C59H63N3O7S2/c1-33(63)67-30-46-43-16-17-44-53-38(25-40(64)27-50(53)66-2)29-59-23-22-37(28-59)41(15-14-34-8-4-3-5-9-34)42-19-21-52(60)62-47(42)13-7-11-36-26-49(65)56-45(54(36)57(46)69-58(43)55(44)59)18-20-48-51(68-56)32-71-70-31-35-10-6-12-39(24-35)61-48/h3-5,8-9,16-21,25-27,35,37,39,41,46,48,51-52,57,61-62,64-65H,6,10-12,14-15,22-24,28-32,60H2,1-2H3/t35-,37-,39-,41-,46-,48-,51-,52?,57-,59+/m0/s1. The van der Waals surface area contributed by atoms with E-state index in [0.29, 0.717) is 36.3 Å². The molecule has 12 rings (SSSR count). The van der Waals surface area contributed by atoms with Crippen molar-refractivity contribution in [3.05, 3.63) is 129 Å². The van der Waals surface area contributed by atoms with Crippen LogP contribution in [0.15, 0.2) is 90.2 Å². The molecule has 0 aromatic heterocycles. The average Bonchev–Trinajstić information content (AvgIpc) is 3.89. The number of esters is 1. The molecule has 4 aromatic carbocycles. The summed E-state index contributed by atoms with van der Waals surface area (Å²) in [5.74, 6) is 11.6. The van der Waals surface area contributed by atoms with Gasteiger partial charge in [-0.3, -0.25) is 4.79 Å². The van der Waals surface area contributed by atoms with E-state index in [9.17, 15) is 15.0 Å². The van der Waals surface area contributed by atoms with Crippen molar-refractivity contribution >= 4 is 33.6 Å². The van der Waals surface area contributed by atoms with Gasteiger partial charge in [0.1, 0.15) is 36.1 Å². The van der Waals surface area contributed by atoms with Crippen molar-refractivity contribution in [3.8, 4) is 51.7 Å². The number of allylic oxidation sites excluding steroid dienone is 3. The second-order valence-corrected chi connectivity index (χ2v) is 23.7. The first-order valence-corrected chi connectivity index (χ1v) is 28.2. The number of methoxy groups -OCH3 is 1. The molecule has 10 nitrogen and oxygen atoms in total. The number of aromatic hydroxyl groups is 2. The van der Waals surface area contributed by atoms with Crippen LogP contribution >= 0.6 is 21.6 Å². The number of benzene rings is 4. The van der Waals surface area contributed by atoms with Gasteiger partial charge in [-0.15, -0.1) is 0 Å². The van der Waals surface area contributed by atoms with E-state index in [4.69, 9.17) is 24.7 Å². The fourth-order valence-electron chi connectivity index (χ4n) is 13.7. The molecule has 368 valence electrons. The number of dihydropyridines is 1. The Labute approximate surface area is 425 Å². The Morgan fingerprint density at radius 1 is 0.972 bits per heavy atom. The molecule has 0 radical (unpaired) electrons. The molecule has 0 amide bonds. The van der Waals surface area contributed by atoms with E-state index in [-0.39, 0.29) is 53.5 Å². The normalized spacial score (nSPS) is 29.8. The Balaban J connectivity index is 1.08. The first-order chi connectivity index (χ1) is 34.6. The molecular formula is C59H63N3O7S2. The van der Waals surface area contributed by atoms with E-state index in [1.807, 2.05) is 33.7 Å². The van der Waals surface area contributed by atoms with Gasteiger partial charge >= 0.3 is 5.97 Å². The Morgan fingerprint density at radius 2 is 1.85 bits per heavy atom. The SMILES string of the molecule is COc1cc(O)cc2c1-c1ccc3c4c1[C@@]1(CC[C@@H](C1)[C@H](CCc1ccccc1)C1=C(C#CCc5cc(O)c6c(c5[C@@H](O4)[C@H]3COC(C)=O)C=C[C@@H]3N[C@H]4CCC[C@H](CSSC[C@@H]3O6)C4)NC(N)C=C1)C2. The molecular weight excluding hydrogens is 927 g/mol. The summed E-state index contributed by atoms with van der Waals surface area (Å²) in [6, 6.07) is 20.9. The lowest BCUT2D eigenvalue weighted by Crippen LogP contribution is -2.49. The molecule has 5 aliphatic heterocycles. The second kappa shape index (κ2) is 19.2. The molecule has 1 saturated heterocycles. The Hall–Kier alpha value is -5.45. The first-order valence-electron chi connectivity index (χ1n) is 25.7. The van der Waals surface area contributed by atoms with Gasteiger partial charge in [0, 0.05) is 70.2 Å². The zero-order chi connectivity index (χ0) is 48.4. The number of fused-ring (bicyclic) bond motifs is 11. The molecule has 71 heavy (non-hydrogen) atoms. The summed E-state index contributed by atoms with van der Waals surface area (Å²) in [4.78, 5) is 12.9. The van der Waals surface area contributed by atoms with Crippen LogP contribution < -0.4 is 30.6 Å². The van der Waals surface area contributed by atoms with Gasteiger partial charge in [-0.05, 0) is 127 Å². The van der Waals surface area contributed by atoms with Crippen molar-refractivity contribution in [2.45, 2.75) is 119 Å². The molecule has 1 unspecified atom stereocenters. The van der Waals surface area contributed by atoms with Gasteiger partial charge in [-0.2, -0.15) is 0 Å². The predicted octanol–water partition coefficient (Wildman–Crippen LogP) is 10.3. The van der Waals surface area contributed by atoms with Crippen LogP contribution in [0, 0.1) is 29.6 Å². The summed E-state index contributed by atoms with van der Waals surface area (Å²) >= 11 is 0.